The van der Waals surface area contributed by atoms with Crippen molar-refractivity contribution in [1.29, 1.82) is 0 Å². The number of benzene rings is 1. The minimum atomic E-state index is -4.76. The van der Waals surface area contributed by atoms with Crippen molar-refractivity contribution >= 4 is 23.1 Å². The first-order valence-corrected chi connectivity index (χ1v) is 5.91. The Hall–Kier alpha value is -2.15. The molecular formula is C13H7ClF4N2O. The summed E-state index contributed by atoms with van der Waals surface area (Å²) in [6, 6.07) is 3.74. The van der Waals surface area contributed by atoms with E-state index in [1.54, 1.807) is 0 Å². The monoisotopic (exact) mass is 318 g/mol. The molecule has 8 heteroatoms. The number of nitrogen functional groups attached to an aromatic ring is 1. The molecule has 0 bridgehead atoms. The molecule has 0 spiro atoms. The standard InChI is InChI=1S/C13H7ClF4N2O/c14-10-6(13(16,17)18)3-4-8(19)9(10)12(21)11-7(15)2-1-5-20-11/h1-5H,19H2. The number of rotatable bonds is 2. The van der Waals surface area contributed by atoms with Crippen LogP contribution in [0.4, 0.5) is 23.2 Å². The Bertz CT molecular complexity index is 716. The van der Waals surface area contributed by atoms with Crippen LogP contribution in [0.1, 0.15) is 21.6 Å². The van der Waals surface area contributed by atoms with Gasteiger partial charge in [0.25, 0.3) is 0 Å². The van der Waals surface area contributed by atoms with Crippen molar-refractivity contribution in [2.45, 2.75) is 6.18 Å². The predicted octanol–water partition coefficient (Wildman–Crippen LogP) is 3.71. The van der Waals surface area contributed by atoms with Gasteiger partial charge < -0.3 is 5.73 Å². The summed E-state index contributed by atoms with van der Waals surface area (Å²) in [6.07, 6.45) is -3.63. The van der Waals surface area contributed by atoms with Crippen LogP contribution in [0.3, 0.4) is 0 Å². The zero-order valence-electron chi connectivity index (χ0n) is 10.2. The number of hydrogen-bond donors (Lipinski definition) is 1. The van der Waals surface area contributed by atoms with Gasteiger partial charge in [-0.2, -0.15) is 13.2 Å². The molecule has 1 aromatic carbocycles. The van der Waals surface area contributed by atoms with E-state index in [-0.39, 0.29) is 5.69 Å². The number of hydrogen-bond acceptors (Lipinski definition) is 3. The van der Waals surface area contributed by atoms with Crippen molar-refractivity contribution in [3.05, 3.63) is 58.1 Å². The fraction of sp³-hybridized carbons (Fsp3) is 0.0769. The second-order valence-corrected chi connectivity index (χ2v) is 4.43. The molecule has 0 fully saturated rings. The number of nitrogens with two attached hydrogens (primary N) is 1. The van der Waals surface area contributed by atoms with Crippen LogP contribution in [0.15, 0.2) is 30.5 Å². The Labute approximate surface area is 121 Å². The van der Waals surface area contributed by atoms with Crippen LogP contribution in [0.5, 0.6) is 0 Å². The molecule has 2 aromatic rings. The summed E-state index contributed by atoms with van der Waals surface area (Å²) in [5.41, 5.74) is 2.72. The summed E-state index contributed by atoms with van der Waals surface area (Å²) in [6.45, 7) is 0. The lowest BCUT2D eigenvalue weighted by molar-refractivity contribution is -0.137. The van der Waals surface area contributed by atoms with E-state index in [0.29, 0.717) is 6.07 Å². The molecule has 21 heavy (non-hydrogen) atoms. The summed E-state index contributed by atoms with van der Waals surface area (Å²) in [7, 11) is 0. The zero-order valence-corrected chi connectivity index (χ0v) is 11.0. The largest absolute Gasteiger partial charge is 0.417 e. The van der Waals surface area contributed by atoms with Gasteiger partial charge in [0, 0.05) is 11.9 Å². The highest BCUT2D eigenvalue weighted by atomic mass is 35.5. The van der Waals surface area contributed by atoms with Gasteiger partial charge in [-0.25, -0.2) is 9.37 Å². The summed E-state index contributed by atoms with van der Waals surface area (Å²) >= 11 is 5.62. The highest BCUT2D eigenvalue weighted by molar-refractivity contribution is 6.36. The lowest BCUT2D eigenvalue weighted by Gasteiger charge is -2.13. The van der Waals surface area contributed by atoms with Crippen LogP contribution in [-0.2, 0) is 6.18 Å². The number of ketones is 1. The zero-order chi connectivity index (χ0) is 15.8. The second kappa shape index (κ2) is 5.33. The molecule has 0 aliphatic heterocycles. The number of pyridine rings is 1. The number of halogens is 5. The Balaban J connectivity index is 2.64. The van der Waals surface area contributed by atoms with Crippen LogP contribution in [0.25, 0.3) is 0 Å². The molecule has 2 N–H and O–H groups in total. The highest BCUT2D eigenvalue weighted by Gasteiger charge is 2.36. The molecule has 1 heterocycles. The van der Waals surface area contributed by atoms with Crippen molar-refractivity contribution in [2.75, 3.05) is 5.73 Å². The van der Waals surface area contributed by atoms with Gasteiger partial charge >= 0.3 is 6.18 Å². The van der Waals surface area contributed by atoms with Gasteiger partial charge in [0.2, 0.25) is 5.78 Å². The van der Waals surface area contributed by atoms with Crippen LogP contribution in [0, 0.1) is 5.82 Å². The summed E-state index contributed by atoms with van der Waals surface area (Å²) < 4.78 is 51.9. The maximum Gasteiger partial charge on any atom is 0.417 e. The fourth-order valence-electron chi connectivity index (χ4n) is 1.71. The Kier molecular flexibility index (Phi) is 3.87. The van der Waals surface area contributed by atoms with E-state index >= 15 is 0 Å². The number of anilines is 1. The van der Waals surface area contributed by atoms with E-state index in [0.717, 1.165) is 18.3 Å². The maximum absolute atomic E-state index is 13.5. The molecule has 0 aliphatic carbocycles. The SMILES string of the molecule is Nc1ccc(C(F)(F)F)c(Cl)c1C(=O)c1ncccc1F. The molecule has 0 saturated heterocycles. The van der Waals surface area contributed by atoms with E-state index < -0.39 is 39.6 Å². The van der Waals surface area contributed by atoms with E-state index in [4.69, 9.17) is 17.3 Å². The molecule has 0 unspecified atom stereocenters. The van der Waals surface area contributed by atoms with Gasteiger partial charge in [0.05, 0.1) is 16.1 Å². The van der Waals surface area contributed by atoms with Crippen LogP contribution in [0.2, 0.25) is 5.02 Å². The lowest BCUT2D eigenvalue weighted by atomic mass is 10.0. The van der Waals surface area contributed by atoms with Gasteiger partial charge in [-0.05, 0) is 24.3 Å². The van der Waals surface area contributed by atoms with E-state index in [1.807, 2.05) is 0 Å². The van der Waals surface area contributed by atoms with Crippen LogP contribution >= 0.6 is 11.6 Å². The average Bonchev–Trinajstić information content (AvgIpc) is 2.37. The summed E-state index contributed by atoms with van der Waals surface area (Å²) in [5, 5.41) is -0.877. The van der Waals surface area contributed by atoms with Crippen molar-refractivity contribution in [3.8, 4) is 0 Å². The van der Waals surface area contributed by atoms with Gasteiger partial charge in [0.1, 0.15) is 5.69 Å². The quantitative estimate of drug-likeness (QED) is 0.522. The first-order chi connectivity index (χ1) is 9.73. The third kappa shape index (κ3) is 2.82. The highest BCUT2D eigenvalue weighted by Crippen LogP contribution is 2.38. The summed E-state index contributed by atoms with van der Waals surface area (Å²) in [5.74, 6) is -2.09. The van der Waals surface area contributed by atoms with Crippen molar-refractivity contribution in [3.63, 3.8) is 0 Å². The number of carbonyl (C=O) groups is 1. The second-order valence-electron chi connectivity index (χ2n) is 4.05. The fourth-order valence-corrected chi connectivity index (χ4v) is 2.08. The normalized spacial score (nSPS) is 11.5. The van der Waals surface area contributed by atoms with Crippen molar-refractivity contribution < 1.29 is 22.4 Å². The molecule has 0 saturated carbocycles. The molecule has 1 aromatic heterocycles. The molecular weight excluding hydrogens is 312 g/mol. The van der Waals surface area contributed by atoms with Gasteiger partial charge in [0.15, 0.2) is 5.82 Å². The lowest BCUT2D eigenvalue weighted by Crippen LogP contribution is -2.14. The van der Waals surface area contributed by atoms with Crippen LogP contribution < -0.4 is 5.73 Å². The van der Waals surface area contributed by atoms with Gasteiger partial charge in [-0.3, -0.25) is 4.79 Å². The minimum absolute atomic E-state index is 0.289. The first-order valence-electron chi connectivity index (χ1n) is 5.54. The van der Waals surface area contributed by atoms with Crippen LogP contribution in [-0.4, -0.2) is 10.8 Å². The topological polar surface area (TPSA) is 56.0 Å². The number of carbonyl (C=O) groups excluding carboxylic acids is 1. The third-order valence-electron chi connectivity index (χ3n) is 2.68. The van der Waals surface area contributed by atoms with Crippen molar-refractivity contribution in [1.82, 2.24) is 4.98 Å². The van der Waals surface area contributed by atoms with Gasteiger partial charge in [-0.15, -0.1) is 0 Å². The summed E-state index contributed by atoms with van der Waals surface area (Å²) in [4.78, 5) is 15.7. The Morgan fingerprint density at radius 2 is 1.90 bits per heavy atom. The molecule has 0 amide bonds. The van der Waals surface area contributed by atoms with E-state index in [1.165, 1.54) is 6.07 Å². The van der Waals surface area contributed by atoms with E-state index in [2.05, 4.69) is 4.98 Å². The maximum atomic E-state index is 13.5. The van der Waals surface area contributed by atoms with Gasteiger partial charge in [-0.1, -0.05) is 11.6 Å². The smallest absolute Gasteiger partial charge is 0.398 e. The minimum Gasteiger partial charge on any atom is -0.398 e. The third-order valence-corrected chi connectivity index (χ3v) is 3.07. The predicted molar refractivity (Wildman–Crippen MR) is 68.5 cm³/mol. The molecule has 3 nitrogen and oxygen atoms in total. The van der Waals surface area contributed by atoms with E-state index in [9.17, 15) is 22.4 Å². The molecule has 110 valence electrons. The Morgan fingerprint density at radius 3 is 2.48 bits per heavy atom. The molecule has 0 aliphatic rings. The van der Waals surface area contributed by atoms with Crippen molar-refractivity contribution in [2.24, 2.45) is 0 Å². The number of alkyl halides is 3. The Morgan fingerprint density at radius 1 is 1.24 bits per heavy atom. The molecule has 0 atom stereocenters. The molecule has 0 radical (unpaired) electrons. The average molecular weight is 319 g/mol. The molecule has 2 rings (SSSR count). The first kappa shape index (κ1) is 15.2. The number of aromatic nitrogens is 1. The number of nitrogens with zero attached hydrogens (tertiary/aromatic N) is 1.